The van der Waals surface area contributed by atoms with Gasteiger partial charge >= 0.3 is 0 Å². The fourth-order valence-electron chi connectivity index (χ4n) is 1.55. The molecule has 0 fully saturated rings. The summed E-state index contributed by atoms with van der Waals surface area (Å²) in [6, 6.07) is 3.78. The van der Waals surface area contributed by atoms with E-state index in [4.69, 9.17) is 4.74 Å². The summed E-state index contributed by atoms with van der Waals surface area (Å²) >= 11 is 1.64. The molecule has 0 aliphatic rings. The molecule has 2 aromatic heterocycles. The number of aromatic nitrogens is 2. The molecule has 1 N–H and O–H groups in total. The molecular weight excluding hydrogens is 234 g/mol. The van der Waals surface area contributed by atoms with E-state index in [1.165, 1.54) is 0 Å². The summed E-state index contributed by atoms with van der Waals surface area (Å²) in [6.45, 7) is 4.19. The lowest BCUT2D eigenvalue weighted by Gasteiger charge is -2.25. The van der Waals surface area contributed by atoms with E-state index in [9.17, 15) is 0 Å². The van der Waals surface area contributed by atoms with Crippen molar-refractivity contribution in [3.05, 3.63) is 34.9 Å². The molecular formula is C12H15N3OS. The number of rotatable bonds is 4. The maximum Gasteiger partial charge on any atom is 0.214 e. The molecule has 0 bridgehead atoms. The van der Waals surface area contributed by atoms with E-state index in [1.807, 2.05) is 23.7 Å². The van der Waals surface area contributed by atoms with Crippen LogP contribution in [0.25, 0.3) is 0 Å². The Hall–Kier alpha value is -1.62. The zero-order chi connectivity index (χ0) is 12.3. The molecule has 0 amide bonds. The molecule has 0 unspecified atom stereocenters. The third-order valence-electron chi connectivity index (χ3n) is 2.37. The van der Waals surface area contributed by atoms with Gasteiger partial charge in [-0.25, -0.2) is 9.97 Å². The van der Waals surface area contributed by atoms with Gasteiger partial charge in [-0.3, -0.25) is 0 Å². The minimum Gasteiger partial charge on any atom is -0.481 e. The van der Waals surface area contributed by atoms with E-state index in [1.54, 1.807) is 24.6 Å². The Morgan fingerprint density at radius 2 is 2.12 bits per heavy atom. The second kappa shape index (κ2) is 4.71. The normalized spacial score (nSPS) is 11.2. The molecule has 0 radical (unpaired) electrons. The maximum atomic E-state index is 5.10. The number of hydrogen-bond donors (Lipinski definition) is 1. The highest BCUT2D eigenvalue weighted by Gasteiger charge is 2.22. The van der Waals surface area contributed by atoms with Crippen LogP contribution in [0.3, 0.4) is 0 Å². The van der Waals surface area contributed by atoms with Crippen LogP contribution in [0, 0.1) is 0 Å². The van der Waals surface area contributed by atoms with Gasteiger partial charge in [-0.05, 0) is 19.9 Å². The predicted molar refractivity (Wildman–Crippen MR) is 69.6 cm³/mol. The molecule has 0 saturated heterocycles. The highest BCUT2D eigenvalue weighted by Crippen LogP contribution is 2.27. The third-order valence-corrected chi connectivity index (χ3v) is 3.46. The molecule has 2 rings (SSSR count). The predicted octanol–water partition coefficient (Wildman–Crippen LogP) is 2.89. The SMILES string of the molecule is COc1cc(NC(C)(C)c2nccs2)ccn1. The van der Waals surface area contributed by atoms with Crippen LogP contribution in [-0.4, -0.2) is 17.1 Å². The minimum atomic E-state index is -0.208. The quantitative estimate of drug-likeness (QED) is 0.905. The van der Waals surface area contributed by atoms with Crippen molar-refractivity contribution in [2.45, 2.75) is 19.4 Å². The first-order valence-electron chi connectivity index (χ1n) is 5.30. The van der Waals surface area contributed by atoms with Gasteiger partial charge in [-0.15, -0.1) is 11.3 Å². The Labute approximate surface area is 105 Å². The molecule has 0 aromatic carbocycles. The Morgan fingerprint density at radius 3 is 2.76 bits per heavy atom. The van der Waals surface area contributed by atoms with Crippen LogP contribution in [0.5, 0.6) is 5.88 Å². The second-order valence-corrected chi connectivity index (χ2v) is 5.07. The summed E-state index contributed by atoms with van der Waals surface area (Å²) in [5, 5.41) is 6.45. The van der Waals surface area contributed by atoms with Crippen LogP contribution in [-0.2, 0) is 5.54 Å². The van der Waals surface area contributed by atoms with Crippen LogP contribution in [0.2, 0.25) is 0 Å². The largest absolute Gasteiger partial charge is 0.481 e. The highest BCUT2D eigenvalue weighted by atomic mass is 32.1. The van der Waals surface area contributed by atoms with Gasteiger partial charge in [0.1, 0.15) is 5.01 Å². The molecule has 17 heavy (non-hydrogen) atoms. The number of ether oxygens (including phenoxy) is 1. The minimum absolute atomic E-state index is 0.208. The van der Waals surface area contributed by atoms with Crippen LogP contribution in [0.4, 0.5) is 5.69 Å². The van der Waals surface area contributed by atoms with Crippen molar-refractivity contribution in [3.63, 3.8) is 0 Å². The number of thiazole rings is 1. The van der Waals surface area contributed by atoms with Crippen molar-refractivity contribution in [3.8, 4) is 5.88 Å². The van der Waals surface area contributed by atoms with Crippen molar-refractivity contribution in [1.82, 2.24) is 9.97 Å². The van der Waals surface area contributed by atoms with Crippen LogP contribution in [0.1, 0.15) is 18.9 Å². The number of anilines is 1. The fraction of sp³-hybridized carbons (Fsp3) is 0.333. The van der Waals surface area contributed by atoms with Gasteiger partial charge in [-0.1, -0.05) is 0 Å². The van der Waals surface area contributed by atoms with E-state index in [2.05, 4.69) is 29.1 Å². The molecule has 90 valence electrons. The second-order valence-electron chi connectivity index (χ2n) is 4.17. The average molecular weight is 249 g/mol. The molecule has 0 atom stereocenters. The van der Waals surface area contributed by atoms with Gasteiger partial charge in [0.05, 0.1) is 12.6 Å². The fourth-order valence-corrected chi connectivity index (χ4v) is 2.26. The number of pyridine rings is 1. The van der Waals surface area contributed by atoms with Crippen molar-refractivity contribution in [2.75, 3.05) is 12.4 Å². The summed E-state index contributed by atoms with van der Waals surface area (Å²) in [5.41, 5.74) is 0.762. The monoisotopic (exact) mass is 249 g/mol. The standard InChI is InChI=1S/C12H15N3OS/c1-12(2,11-14-6-7-17-11)15-9-4-5-13-10(8-9)16-3/h4-8H,1-3H3,(H,13,15). The number of nitrogens with one attached hydrogen (secondary N) is 1. The zero-order valence-electron chi connectivity index (χ0n) is 10.1. The average Bonchev–Trinajstić information content (AvgIpc) is 2.83. The van der Waals surface area contributed by atoms with E-state index in [-0.39, 0.29) is 5.54 Å². The highest BCUT2D eigenvalue weighted by molar-refractivity contribution is 7.09. The topological polar surface area (TPSA) is 47.0 Å². The molecule has 0 spiro atoms. The van der Waals surface area contributed by atoms with Crippen LogP contribution < -0.4 is 10.1 Å². The summed E-state index contributed by atoms with van der Waals surface area (Å²) < 4.78 is 5.10. The van der Waals surface area contributed by atoms with Crippen molar-refractivity contribution >= 4 is 17.0 Å². The number of methoxy groups -OCH3 is 1. The van der Waals surface area contributed by atoms with Crippen molar-refractivity contribution in [1.29, 1.82) is 0 Å². The van der Waals surface area contributed by atoms with Gasteiger partial charge in [-0.2, -0.15) is 0 Å². The molecule has 2 aromatic rings. The van der Waals surface area contributed by atoms with Crippen molar-refractivity contribution in [2.24, 2.45) is 0 Å². The number of hydrogen-bond acceptors (Lipinski definition) is 5. The van der Waals surface area contributed by atoms with E-state index in [0.29, 0.717) is 5.88 Å². The van der Waals surface area contributed by atoms with Gasteiger partial charge in [0.2, 0.25) is 5.88 Å². The lowest BCUT2D eigenvalue weighted by molar-refractivity contribution is 0.398. The maximum absolute atomic E-state index is 5.10. The molecule has 0 aliphatic carbocycles. The molecule has 0 aliphatic heterocycles. The Morgan fingerprint density at radius 1 is 1.29 bits per heavy atom. The Kier molecular flexibility index (Phi) is 3.28. The van der Waals surface area contributed by atoms with Gasteiger partial charge in [0, 0.05) is 29.5 Å². The van der Waals surface area contributed by atoms with Gasteiger partial charge < -0.3 is 10.1 Å². The summed E-state index contributed by atoms with van der Waals surface area (Å²) in [5.74, 6) is 0.602. The first-order valence-corrected chi connectivity index (χ1v) is 6.18. The van der Waals surface area contributed by atoms with E-state index in [0.717, 1.165) is 10.7 Å². The summed E-state index contributed by atoms with van der Waals surface area (Å²) in [4.78, 5) is 8.41. The van der Waals surface area contributed by atoms with Gasteiger partial charge in [0.25, 0.3) is 0 Å². The lowest BCUT2D eigenvalue weighted by atomic mass is 10.1. The zero-order valence-corrected chi connectivity index (χ0v) is 10.9. The van der Waals surface area contributed by atoms with Crippen molar-refractivity contribution < 1.29 is 4.74 Å². The van der Waals surface area contributed by atoms with Gasteiger partial charge in [0.15, 0.2) is 0 Å². The van der Waals surface area contributed by atoms with Crippen LogP contribution in [0.15, 0.2) is 29.9 Å². The first kappa shape index (κ1) is 11.9. The molecule has 2 heterocycles. The third kappa shape index (κ3) is 2.74. The Balaban J connectivity index is 2.20. The molecule has 0 saturated carbocycles. The Bertz CT molecular complexity index is 482. The first-order chi connectivity index (χ1) is 8.12. The smallest absolute Gasteiger partial charge is 0.214 e. The molecule has 4 nitrogen and oxygen atoms in total. The summed E-state index contributed by atoms with van der Waals surface area (Å²) in [7, 11) is 1.61. The molecule has 5 heteroatoms. The van der Waals surface area contributed by atoms with Crippen LogP contribution >= 0.6 is 11.3 Å². The van der Waals surface area contributed by atoms with E-state index < -0.39 is 0 Å². The summed E-state index contributed by atoms with van der Waals surface area (Å²) in [6.07, 6.45) is 3.54. The number of nitrogens with zero attached hydrogens (tertiary/aromatic N) is 2. The lowest BCUT2D eigenvalue weighted by Crippen LogP contribution is -2.27. The van der Waals surface area contributed by atoms with E-state index >= 15 is 0 Å².